The van der Waals surface area contributed by atoms with Crippen molar-refractivity contribution in [3.05, 3.63) is 35.6 Å². The molecule has 82 valence electrons. The molecule has 0 unspecified atom stereocenters. The molecule has 0 saturated heterocycles. The van der Waals surface area contributed by atoms with Crippen molar-refractivity contribution >= 4 is 5.78 Å². The highest BCUT2D eigenvalue weighted by Gasteiger charge is 2.05. The van der Waals surface area contributed by atoms with Gasteiger partial charge in [0.05, 0.1) is 0 Å². The van der Waals surface area contributed by atoms with Gasteiger partial charge >= 0.3 is 0 Å². The lowest BCUT2D eigenvalue weighted by molar-refractivity contribution is 0.0978. The van der Waals surface area contributed by atoms with E-state index >= 15 is 0 Å². The molecule has 0 heterocycles. The Labute approximate surface area is 90.3 Å². The van der Waals surface area contributed by atoms with Gasteiger partial charge in [0.1, 0.15) is 5.82 Å². The van der Waals surface area contributed by atoms with Crippen molar-refractivity contribution in [1.29, 1.82) is 0 Å². The maximum Gasteiger partial charge on any atom is 0.162 e. The molecule has 1 rings (SSSR count). The average molecular weight is 208 g/mol. The van der Waals surface area contributed by atoms with Crippen LogP contribution in [0, 0.1) is 11.7 Å². The largest absolute Gasteiger partial charge is 0.294 e. The summed E-state index contributed by atoms with van der Waals surface area (Å²) in [6.45, 7) is 4.28. The number of Topliss-reactive ketones (excluding diaryl/α,β-unsaturated/α-hetero) is 1. The zero-order valence-corrected chi connectivity index (χ0v) is 9.29. The summed E-state index contributed by atoms with van der Waals surface area (Å²) in [5.41, 5.74) is 0.611. The molecule has 0 bridgehead atoms. The van der Waals surface area contributed by atoms with Gasteiger partial charge in [-0.15, -0.1) is 0 Å². The normalized spacial score (nSPS) is 10.7. The van der Waals surface area contributed by atoms with Gasteiger partial charge < -0.3 is 0 Å². The summed E-state index contributed by atoms with van der Waals surface area (Å²) in [4.78, 5) is 11.6. The fourth-order valence-electron chi connectivity index (χ4n) is 1.45. The minimum absolute atomic E-state index is 0.107. The smallest absolute Gasteiger partial charge is 0.162 e. The Morgan fingerprint density at radius 1 is 1.27 bits per heavy atom. The summed E-state index contributed by atoms with van der Waals surface area (Å²) >= 11 is 0. The van der Waals surface area contributed by atoms with E-state index in [4.69, 9.17) is 0 Å². The number of ketones is 1. The number of benzene rings is 1. The summed E-state index contributed by atoms with van der Waals surface area (Å²) in [7, 11) is 0. The van der Waals surface area contributed by atoms with Crippen LogP contribution in [-0.2, 0) is 0 Å². The van der Waals surface area contributed by atoms with E-state index in [-0.39, 0.29) is 11.6 Å². The van der Waals surface area contributed by atoms with Crippen molar-refractivity contribution in [3.8, 4) is 0 Å². The first-order valence-electron chi connectivity index (χ1n) is 5.38. The molecule has 1 aromatic rings. The predicted molar refractivity (Wildman–Crippen MR) is 59.4 cm³/mol. The first-order chi connectivity index (χ1) is 7.09. The van der Waals surface area contributed by atoms with E-state index in [2.05, 4.69) is 13.8 Å². The number of hydrogen-bond acceptors (Lipinski definition) is 1. The second kappa shape index (κ2) is 5.64. The van der Waals surface area contributed by atoms with E-state index < -0.39 is 0 Å². The predicted octanol–water partition coefficient (Wildman–Crippen LogP) is 3.83. The van der Waals surface area contributed by atoms with Crippen LogP contribution in [0.4, 0.5) is 4.39 Å². The second-order valence-corrected chi connectivity index (χ2v) is 4.22. The van der Waals surface area contributed by atoms with Crippen molar-refractivity contribution in [2.75, 3.05) is 0 Å². The van der Waals surface area contributed by atoms with Gasteiger partial charge in [0.2, 0.25) is 0 Å². The molecule has 0 aliphatic rings. The van der Waals surface area contributed by atoms with Crippen LogP contribution in [0.3, 0.4) is 0 Å². The van der Waals surface area contributed by atoms with Gasteiger partial charge in [-0.05, 0) is 36.6 Å². The molecule has 2 heteroatoms. The number of halogens is 1. The molecule has 0 radical (unpaired) electrons. The molecular weight excluding hydrogens is 191 g/mol. The molecule has 0 N–H and O–H groups in total. The zero-order chi connectivity index (χ0) is 11.3. The van der Waals surface area contributed by atoms with Gasteiger partial charge in [-0.2, -0.15) is 0 Å². The summed E-state index contributed by atoms with van der Waals surface area (Å²) in [5, 5.41) is 0. The lowest BCUT2D eigenvalue weighted by atomic mass is 10.0. The fraction of sp³-hybridized carbons (Fsp3) is 0.462. The first-order valence-corrected chi connectivity index (χ1v) is 5.38. The molecular formula is C13H17FO. The second-order valence-electron chi connectivity index (χ2n) is 4.22. The van der Waals surface area contributed by atoms with Crippen molar-refractivity contribution in [3.63, 3.8) is 0 Å². The van der Waals surface area contributed by atoms with Crippen LogP contribution in [-0.4, -0.2) is 5.78 Å². The number of hydrogen-bond donors (Lipinski definition) is 0. The van der Waals surface area contributed by atoms with Crippen LogP contribution in [0.2, 0.25) is 0 Å². The van der Waals surface area contributed by atoms with Gasteiger partial charge in [0.15, 0.2) is 5.78 Å². The molecule has 0 spiro atoms. The first kappa shape index (κ1) is 11.9. The molecule has 1 nitrogen and oxygen atoms in total. The Morgan fingerprint density at radius 2 is 1.87 bits per heavy atom. The molecule has 0 amide bonds. The van der Waals surface area contributed by atoms with E-state index in [1.807, 2.05) is 0 Å². The monoisotopic (exact) mass is 208 g/mol. The van der Waals surface area contributed by atoms with Crippen molar-refractivity contribution in [2.45, 2.75) is 33.1 Å². The molecule has 0 aliphatic heterocycles. The third-order valence-electron chi connectivity index (χ3n) is 2.35. The summed E-state index contributed by atoms with van der Waals surface area (Å²) in [6.07, 6.45) is 2.53. The lowest BCUT2D eigenvalue weighted by Crippen LogP contribution is -2.00. The number of carbonyl (C=O) groups excluding carboxylic acids is 1. The Balaban J connectivity index is 2.43. The molecule has 0 aromatic heterocycles. The number of carbonyl (C=O) groups is 1. The quantitative estimate of drug-likeness (QED) is 0.672. The SMILES string of the molecule is CC(C)CCCC(=O)c1ccc(F)cc1. The van der Waals surface area contributed by atoms with Crippen LogP contribution < -0.4 is 0 Å². The van der Waals surface area contributed by atoms with Crippen LogP contribution in [0.1, 0.15) is 43.5 Å². The Bertz CT molecular complexity index is 314. The maximum absolute atomic E-state index is 12.6. The van der Waals surface area contributed by atoms with E-state index in [0.29, 0.717) is 17.9 Å². The highest BCUT2D eigenvalue weighted by atomic mass is 19.1. The summed E-state index contributed by atoms with van der Waals surface area (Å²) in [5.74, 6) is 0.440. The van der Waals surface area contributed by atoms with E-state index in [9.17, 15) is 9.18 Å². The van der Waals surface area contributed by atoms with Gasteiger partial charge in [-0.3, -0.25) is 4.79 Å². The molecule has 15 heavy (non-hydrogen) atoms. The Kier molecular flexibility index (Phi) is 4.47. The standard InChI is InChI=1S/C13H17FO/c1-10(2)4-3-5-13(15)11-6-8-12(14)9-7-11/h6-10H,3-5H2,1-2H3. The highest BCUT2D eigenvalue weighted by Crippen LogP contribution is 2.11. The fourth-order valence-corrected chi connectivity index (χ4v) is 1.45. The van der Waals surface area contributed by atoms with E-state index in [1.54, 1.807) is 12.1 Å². The van der Waals surface area contributed by atoms with Crippen LogP contribution >= 0.6 is 0 Å². The van der Waals surface area contributed by atoms with Gasteiger partial charge in [-0.25, -0.2) is 4.39 Å². The van der Waals surface area contributed by atoms with Crippen molar-refractivity contribution in [2.24, 2.45) is 5.92 Å². The van der Waals surface area contributed by atoms with Gasteiger partial charge in [0, 0.05) is 12.0 Å². The van der Waals surface area contributed by atoms with Crippen molar-refractivity contribution in [1.82, 2.24) is 0 Å². The van der Waals surface area contributed by atoms with E-state index in [1.165, 1.54) is 12.1 Å². The van der Waals surface area contributed by atoms with Gasteiger partial charge in [-0.1, -0.05) is 20.3 Å². The van der Waals surface area contributed by atoms with Crippen molar-refractivity contribution < 1.29 is 9.18 Å². The zero-order valence-electron chi connectivity index (χ0n) is 9.29. The average Bonchev–Trinajstić information content (AvgIpc) is 2.18. The van der Waals surface area contributed by atoms with Gasteiger partial charge in [0.25, 0.3) is 0 Å². The third-order valence-corrected chi connectivity index (χ3v) is 2.35. The van der Waals surface area contributed by atoms with E-state index in [0.717, 1.165) is 12.8 Å². The topological polar surface area (TPSA) is 17.1 Å². The van der Waals surface area contributed by atoms with Crippen LogP contribution in [0.25, 0.3) is 0 Å². The van der Waals surface area contributed by atoms with Crippen LogP contribution in [0.5, 0.6) is 0 Å². The molecule has 0 atom stereocenters. The minimum Gasteiger partial charge on any atom is -0.294 e. The summed E-state index contributed by atoms with van der Waals surface area (Å²) in [6, 6.07) is 5.76. The number of rotatable bonds is 5. The minimum atomic E-state index is -0.297. The molecule has 1 aromatic carbocycles. The summed E-state index contributed by atoms with van der Waals surface area (Å²) < 4.78 is 12.6. The Hall–Kier alpha value is -1.18. The Morgan fingerprint density at radius 3 is 2.40 bits per heavy atom. The highest BCUT2D eigenvalue weighted by molar-refractivity contribution is 5.95. The third kappa shape index (κ3) is 4.24. The molecule has 0 saturated carbocycles. The van der Waals surface area contributed by atoms with Crippen LogP contribution in [0.15, 0.2) is 24.3 Å². The maximum atomic E-state index is 12.6. The lowest BCUT2D eigenvalue weighted by Gasteiger charge is -2.03. The molecule has 0 aliphatic carbocycles. The molecule has 0 fully saturated rings.